The number of amides is 2. The first kappa shape index (κ1) is 24.8. The molecule has 1 atom stereocenters. The van der Waals surface area contributed by atoms with E-state index in [1.54, 1.807) is 0 Å². The molecule has 2 aromatic rings. The average molecular weight is 451 g/mol. The van der Waals surface area contributed by atoms with Crippen molar-refractivity contribution in [2.24, 2.45) is 0 Å². The van der Waals surface area contributed by atoms with Crippen LogP contribution >= 0.6 is 0 Å². The van der Waals surface area contributed by atoms with E-state index < -0.39 is 0 Å². The van der Waals surface area contributed by atoms with Crippen LogP contribution in [0.4, 0.5) is 0 Å². The van der Waals surface area contributed by atoms with E-state index >= 15 is 0 Å². The number of rotatable bonds is 7. The lowest BCUT2D eigenvalue weighted by Crippen LogP contribution is -2.46. The lowest BCUT2D eigenvalue weighted by Gasteiger charge is -2.33. The fraction of sp³-hybridized carbons (Fsp3) is 0.500. The molecular weight excluding hydrogens is 412 g/mol. The minimum Gasteiger partial charge on any atom is -0.491 e. The first-order valence-corrected chi connectivity index (χ1v) is 12.5. The van der Waals surface area contributed by atoms with Crippen LogP contribution in [0.3, 0.4) is 0 Å². The van der Waals surface area contributed by atoms with Crippen molar-refractivity contribution in [3.8, 4) is 5.75 Å². The molecule has 3 rings (SSSR count). The lowest BCUT2D eigenvalue weighted by molar-refractivity contribution is -0.134. The van der Waals surface area contributed by atoms with Gasteiger partial charge in [-0.2, -0.15) is 0 Å². The van der Waals surface area contributed by atoms with Gasteiger partial charge in [-0.3, -0.25) is 9.59 Å². The topological polar surface area (TPSA) is 49.9 Å². The van der Waals surface area contributed by atoms with Gasteiger partial charge >= 0.3 is 0 Å². The average Bonchev–Trinajstić information content (AvgIpc) is 2.84. The van der Waals surface area contributed by atoms with Crippen LogP contribution in [-0.4, -0.2) is 53.9 Å². The van der Waals surface area contributed by atoms with E-state index in [4.69, 9.17) is 4.74 Å². The van der Waals surface area contributed by atoms with Crippen molar-refractivity contribution >= 4 is 11.8 Å². The largest absolute Gasteiger partial charge is 0.491 e. The first-order chi connectivity index (χ1) is 16.1. The Balaban J connectivity index is 1.89. The molecule has 0 unspecified atom stereocenters. The molecule has 0 N–H and O–H groups in total. The first-order valence-electron chi connectivity index (χ1n) is 12.5. The van der Waals surface area contributed by atoms with Gasteiger partial charge < -0.3 is 14.5 Å². The third-order valence-corrected chi connectivity index (χ3v) is 6.36. The quantitative estimate of drug-likeness (QED) is 0.535. The number of ether oxygens (including phenoxy) is 1. The molecule has 0 radical (unpaired) electrons. The fourth-order valence-electron chi connectivity index (χ4n) is 4.44. The Bertz CT molecular complexity index is 884. The molecule has 5 heteroatoms. The molecule has 5 nitrogen and oxygen atoms in total. The van der Waals surface area contributed by atoms with Gasteiger partial charge in [0.05, 0.1) is 11.6 Å². The Morgan fingerprint density at radius 3 is 2.45 bits per heavy atom. The summed E-state index contributed by atoms with van der Waals surface area (Å²) in [5, 5.41) is 0. The second kappa shape index (κ2) is 13.0. The summed E-state index contributed by atoms with van der Waals surface area (Å²) in [6.07, 6.45) is 6.15. The highest BCUT2D eigenvalue weighted by Crippen LogP contribution is 2.23. The number of carbonyl (C=O) groups excluding carboxylic acids is 2. The summed E-state index contributed by atoms with van der Waals surface area (Å²) in [6.45, 7) is 6.57. The Kier molecular flexibility index (Phi) is 9.79. The van der Waals surface area contributed by atoms with Gasteiger partial charge in [-0.15, -0.1) is 0 Å². The molecule has 1 aliphatic rings. The summed E-state index contributed by atoms with van der Waals surface area (Å²) >= 11 is 0. The van der Waals surface area contributed by atoms with Crippen LogP contribution in [0, 0.1) is 0 Å². The normalized spacial score (nSPS) is 17.5. The molecule has 0 spiro atoms. The third kappa shape index (κ3) is 7.08. The van der Waals surface area contributed by atoms with E-state index in [0.717, 1.165) is 38.5 Å². The highest BCUT2D eigenvalue weighted by Gasteiger charge is 2.26. The van der Waals surface area contributed by atoms with E-state index in [2.05, 4.69) is 19.1 Å². The van der Waals surface area contributed by atoms with Crippen molar-refractivity contribution < 1.29 is 14.3 Å². The number of para-hydroxylation sites is 1. The maximum atomic E-state index is 13.3. The summed E-state index contributed by atoms with van der Waals surface area (Å²) in [5.41, 5.74) is 1.78. The second-order valence-corrected chi connectivity index (χ2v) is 8.79. The lowest BCUT2D eigenvalue weighted by atomic mass is 10.0. The minimum atomic E-state index is -0.0774. The third-order valence-electron chi connectivity index (χ3n) is 6.36. The molecule has 2 aromatic carbocycles. The van der Waals surface area contributed by atoms with Gasteiger partial charge in [-0.05, 0) is 50.3 Å². The van der Waals surface area contributed by atoms with E-state index in [9.17, 15) is 9.59 Å². The van der Waals surface area contributed by atoms with E-state index in [-0.39, 0.29) is 17.9 Å². The summed E-state index contributed by atoms with van der Waals surface area (Å²) in [6, 6.07) is 17.7. The smallest absolute Gasteiger partial charge is 0.257 e. The molecule has 1 aliphatic heterocycles. The fourth-order valence-corrected chi connectivity index (χ4v) is 4.44. The molecule has 0 aliphatic carbocycles. The van der Waals surface area contributed by atoms with Crippen LogP contribution in [0.1, 0.15) is 68.3 Å². The van der Waals surface area contributed by atoms with Crippen LogP contribution in [0.25, 0.3) is 0 Å². The number of carbonyl (C=O) groups is 2. The van der Waals surface area contributed by atoms with E-state index in [1.165, 1.54) is 5.56 Å². The predicted molar refractivity (Wildman–Crippen MR) is 133 cm³/mol. The van der Waals surface area contributed by atoms with Crippen molar-refractivity contribution in [1.82, 2.24) is 9.80 Å². The van der Waals surface area contributed by atoms with E-state index in [1.807, 2.05) is 59.2 Å². The van der Waals surface area contributed by atoms with Gasteiger partial charge in [0, 0.05) is 26.1 Å². The Hall–Kier alpha value is -2.82. The molecule has 2 amide bonds. The maximum Gasteiger partial charge on any atom is 0.257 e. The van der Waals surface area contributed by atoms with Crippen LogP contribution in [0.2, 0.25) is 0 Å². The highest BCUT2D eigenvalue weighted by molar-refractivity contribution is 5.96. The van der Waals surface area contributed by atoms with Crippen molar-refractivity contribution in [2.75, 3.05) is 26.2 Å². The summed E-state index contributed by atoms with van der Waals surface area (Å²) < 4.78 is 6.27. The van der Waals surface area contributed by atoms with Gasteiger partial charge in [-0.1, -0.05) is 62.2 Å². The van der Waals surface area contributed by atoms with Crippen LogP contribution in [-0.2, 0) is 11.2 Å². The van der Waals surface area contributed by atoms with Gasteiger partial charge in [0.2, 0.25) is 5.91 Å². The van der Waals surface area contributed by atoms with Gasteiger partial charge in [0.25, 0.3) is 5.91 Å². The van der Waals surface area contributed by atoms with Crippen LogP contribution in [0.15, 0.2) is 54.6 Å². The standard InChI is InChI=1S/C28H38N2O3/c1-3-5-7-18-27(31)30-20-13-12-19-29(4-2)28(32)25-16-10-11-17-26(25)33-22-24(30)21-23-14-8-6-9-15-23/h6,8-11,14-17,24H,3-5,7,12-13,18-22H2,1-2H3/t24-/m1/s1. The summed E-state index contributed by atoms with van der Waals surface area (Å²) in [4.78, 5) is 30.4. The molecule has 0 fully saturated rings. The van der Waals surface area contributed by atoms with Crippen LogP contribution in [0.5, 0.6) is 5.75 Å². The zero-order chi connectivity index (χ0) is 23.5. The SMILES string of the molecule is CCCCCC(=O)N1CCCCN(CC)C(=O)c2ccccc2OC[C@H]1Cc1ccccc1. The minimum absolute atomic E-state index is 0.0146. The highest BCUT2D eigenvalue weighted by atomic mass is 16.5. The van der Waals surface area contributed by atoms with Gasteiger partial charge in [0.1, 0.15) is 12.4 Å². The predicted octanol–water partition coefficient (Wildman–Crippen LogP) is 5.34. The Morgan fingerprint density at radius 2 is 1.70 bits per heavy atom. The number of unbranched alkanes of at least 4 members (excludes halogenated alkanes) is 2. The summed E-state index contributed by atoms with van der Waals surface area (Å²) in [7, 11) is 0. The molecule has 178 valence electrons. The second-order valence-electron chi connectivity index (χ2n) is 8.79. The van der Waals surface area contributed by atoms with Crippen molar-refractivity contribution in [2.45, 2.75) is 64.8 Å². The van der Waals surface area contributed by atoms with Crippen LogP contribution < -0.4 is 4.74 Å². The molecule has 0 aromatic heterocycles. The summed E-state index contributed by atoms with van der Waals surface area (Å²) in [5.74, 6) is 0.820. The van der Waals surface area contributed by atoms with Crippen molar-refractivity contribution in [3.63, 3.8) is 0 Å². The zero-order valence-corrected chi connectivity index (χ0v) is 20.2. The number of hydrogen-bond donors (Lipinski definition) is 0. The van der Waals surface area contributed by atoms with Crippen molar-refractivity contribution in [3.05, 3.63) is 65.7 Å². The van der Waals surface area contributed by atoms with E-state index in [0.29, 0.717) is 44.0 Å². The number of fused-ring (bicyclic) bond motifs is 1. The monoisotopic (exact) mass is 450 g/mol. The molecular formula is C28H38N2O3. The zero-order valence-electron chi connectivity index (χ0n) is 20.2. The molecule has 0 saturated heterocycles. The maximum absolute atomic E-state index is 13.3. The number of nitrogens with zero attached hydrogens (tertiary/aromatic N) is 2. The molecule has 33 heavy (non-hydrogen) atoms. The molecule has 0 bridgehead atoms. The van der Waals surface area contributed by atoms with Gasteiger partial charge in [0.15, 0.2) is 0 Å². The Morgan fingerprint density at radius 1 is 0.970 bits per heavy atom. The van der Waals surface area contributed by atoms with Crippen molar-refractivity contribution in [1.29, 1.82) is 0 Å². The number of hydrogen-bond acceptors (Lipinski definition) is 3. The molecule has 0 saturated carbocycles. The number of benzene rings is 2. The Labute approximate surface area is 198 Å². The molecule has 1 heterocycles. The van der Waals surface area contributed by atoms with Gasteiger partial charge in [-0.25, -0.2) is 0 Å².